The van der Waals surface area contributed by atoms with Crippen LogP contribution in [0.1, 0.15) is 33.4 Å². The van der Waals surface area contributed by atoms with Crippen molar-refractivity contribution in [2.24, 2.45) is 0 Å². The lowest BCUT2D eigenvalue weighted by molar-refractivity contribution is 0.631. The Hall–Kier alpha value is -1.70. The normalized spacial score (nSPS) is 11.7. The van der Waals surface area contributed by atoms with E-state index in [1.807, 2.05) is 18.8 Å². The van der Waals surface area contributed by atoms with Gasteiger partial charge < -0.3 is 8.39 Å². The van der Waals surface area contributed by atoms with Gasteiger partial charge in [-0.05, 0) is 74.9 Å². The van der Waals surface area contributed by atoms with E-state index < -0.39 is 8.16 Å². The molecule has 2 aromatic carbocycles. The summed E-state index contributed by atoms with van der Waals surface area (Å²) in [5, 5.41) is 2.39. The topological polar surface area (TPSA) is 29.5 Å². The highest BCUT2D eigenvalue weighted by molar-refractivity contribution is 7.38. The molecule has 0 aliphatic rings. The second kappa shape index (κ2) is 5.98. The van der Waals surface area contributed by atoms with Crippen molar-refractivity contribution in [3.8, 4) is 0 Å². The Balaban J connectivity index is 2.79. The van der Waals surface area contributed by atoms with E-state index in [9.17, 15) is 0 Å². The number of rotatable bonds is 1. The highest BCUT2D eigenvalue weighted by atomic mass is 31.1. The van der Waals surface area contributed by atoms with E-state index in [4.69, 9.17) is 8.39 Å². The Labute approximate surface area is 144 Å². The average Bonchev–Trinajstić information content (AvgIpc) is 2.68. The number of benzene rings is 2. The van der Waals surface area contributed by atoms with Crippen molar-refractivity contribution in [1.29, 1.82) is 0 Å². The summed E-state index contributed by atoms with van der Waals surface area (Å²) in [4.78, 5) is 0. The van der Waals surface area contributed by atoms with Crippen LogP contribution in [0.15, 0.2) is 20.5 Å². The second-order valence-electron chi connectivity index (χ2n) is 6.95. The van der Waals surface area contributed by atoms with Gasteiger partial charge in [0, 0.05) is 24.9 Å². The monoisotopic (exact) mass is 343 g/mol. The van der Waals surface area contributed by atoms with Crippen molar-refractivity contribution in [3.63, 3.8) is 0 Å². The standard InChI is InChI=1S/C20H26NO2P/c1-11-9-13(3)19-17(15(11)5)18-16(6)12(2)10-14(4)20(18)23-24(22-19)21(7)8/h9-10H,1-8H3. The third-order valence-corrected chi connectivity index (χ3v) is 6.22. The molecular weight excluding hydrogens is 317 g/mol. The highest BCUT2D eigenvalue weighted by Crippen LogP contribution is 2.41. The molecule has 0 spiro atoms. The molecule has 0 unspecified atom stereocenters. The van der Waals surface area contributed by atoms with Gasteiger partial charge in [-0.15, -0.1) is 0 Å². The molecule has 1 aromatic heterocycles. The molecule has 3 nitrogen and oxygen atoms in total. The van der Waals surface area contributed by atoms with Crippen LogP contribution in [0.3, 0.4) is 0 Å². The molecule has 0 radical (unpaired) electrons. The molecule has 0 bridgehead atoms. The Bertz CT molecular complexity index is 924. The fourth-order valence-corrected chi connectivity index (χ4v) is 4.45. The number of fused-ring (bicyclic) bond motifs is 3. The van der Waals surface area contributed by atoms with Gasteiger partial charge in [0.1, 0.15) is 11.2 Å². The van der Waals surface area contributed by atoms with Gasteiger partial charge in [-0.3, -0.25) is 0 Å². The van der Waals surface area contributed by atoms with Crippen molar-refractivity contribution in [2.45, 2.75) is 41.5 Å². The van der Waals surface area contributed by atoms with Gasteiger partial charge in [-0.25, -0.2) is 4.67 Å². The molecule has 0 fully saturated rings. The molecule has 3 rings (SSSR count). The van der Waals surface area contributed by atoms with Crippen LogP contribution in [0.2, 0.25) is 0 Å². The third kappa shape index (κ3) is 2.56. The van der Waals surface area contributed by atoms with E-state index in [1.165, 1.54) is 33.0 Å². The molecule has 0 atom stereocenters. The van der Waals surface area contributed by atoms with Crippen molar-refractivity contribution in [1.82, 2.24) is 0 Å². The van der Waals surface area contributed by atoms with Crippen LogP contribution in [0.4, 0.5) is 0 Å². The third-order valence-electron chi connectivity index (χ3n) is 4.88. The van der Waals surface area contributed by atoms with Crippen LogP contribution in [0.5, 0.6) is 0 Å². The molecule has 1 heterocycles. The molecule has 3 aromatic rings. The van der Waals surface area contributed by atoms with Gasteiger partial charge >= 0.3 is 8.16 Å². The highest BCUT2D eigenvalue weighted by Gasteiger charge is 2.17. The van der Waals surface area contributed by atoms with E-state index in [0.717, 1.165) is 22.3 Å². The maximum absolute atomic E-state index is 6.39. The number of hydrogen-bond donors (Lipinski definition) is 0. The minimum Gasteiger partial charge on any atom is -0.408 e. The summed E-state index contributed by atoms with van der Waals surface area (Å²) in [6.07, 6.45) is 0. The smallest absolute Gasteiger partial charge is 0.309 e. The van der Waals surface area contributed by atoms with E-state index >= 15 is 0 Å². The summed E-state index contributed by atoms with van der Waals surface area (Å²) >= 11 is 0. The minimum atomic E-state index is -1.17. The lowest BCUT2D eigenvalue weighted by atomic mass is 9.94. The van der Waals surface area contributed by atoms with Crippen molar-refractivity contribution >= 4 is 30.1 Å². The second-order valence-corrected chi connectivity index (χ2v) is 8.59. The molecule has 24 heavy (non-hydrogen) atoms. The molecule has 128 valence electrons. The number of hydrogen-bond acceptors (Lipinski definition) is 3. The summed E-state index contributed by atoms with van der Waals surface area (Å²) in [6.45, 7) is 12.9. The molecule has 0 saturated heterocycles. The van der Waals surface area contributed by atoms with Crippen LogP contribution in [-0.4, -0.2) is 14.1 Å². The van der Waals surface area contributed by atoms with Gasteiger partial charge in [-0.2, -0.15) is 0 Å². The van der Waals surface area contributed by atoms with Crippen LogP contribution in [0, 0.1) is 41.5 Å². The van der Waals surface area contributed by atoms with Crippen molar-refractivity contribution in [3.05, 3.63) is 45.5 Å². The summed E-state index contributed by atoms with van der Waals surface area (Å²) in [6, 6.07) is 4.42. The van der Waals surface area contributed by atoms with Crippen LogP contribution < -0.4 is 4.67 Å². The molecule has 0 aliphatic heterocycles. The Kier molecular flexibility index (Phi) is 4.27. The average molecular weight is 343 g/mol. The van der Waals surface area contributed by atoms with Gasteiger partial charge in [-0.1, -0.05) is 12.1 Å². The minimum absolute atomic E-state index is 0.963. The van der Waals surface area contributed by atoms with Gasteiger partial charge in [0.25, 0.3) is 0 Å². The predicted molar refractivity (Wildman–Crippen MR) is 105 cm³/mol. The van der Waals surface area contributed by atoms with E-state index in [-0.39, 0.29) is 0 Å². The maximum Gasteiger partial charge on any atom is 0.309 e. The fraction of sp³-hybridized carbons (Fsp3) is 0.400. The molecular formula is C20H26NO2P. The quantitative estimate of drug-likeness (QED) is 0.516. The van der Waals surface area contributed by atoms with Crippen LogP contribution in [0.25, 0.3) is 21.9 Å². The van der Waals surface area contributed by atoms with Gasteiger partial charge in [0.15, 0.2) is 0 Å². The Morgan fingerprint density at radius 3 is 1.38 bits per heavy atom. The number of nitrogens with zero attached hydrogens (tertiary/aromatic N) is 1. The maximum atomic E-state index is 6.39. The fourth-order valence-electron chi connectivity index (χ4n) is 3.30. The van der Waals surface area contributed by atoms with Crippen LogP contribution in [-0.2, 0) is 0 Å². The lowest BCUT2D eigenvalue weighted by Gasteiger charge is -2.11. The SMILES string of the molecule is Cc1cc(C)c2op(N(C)C)oc3c(C)cc(C)c(C)c3c2c1C. The van der Waals surface area contributed by atoms with E-state index in [0.29, 0.717) is 0 Å². The largest absolute Gasteiger partial charge is 0.408 e. The van der Waals surface area contributed by atoms with Gasteiger partial charge in [0.05, 0.1) is 0 Å². The van der Waals surface area contributed by atoms with E-state index in [1.54, 1.807) is 0 Å². The van der Waals surface area contributed by atoms with Crippen molar-refractivity contribution < 1.29 is 8.39 Å². The summed E-state index contributed by atoms with van der Waals surface area (Å²) in [5.41, 5.74) is 9.36. The first kappa shape index (κ1) is 17.1. The zero-order valence-corrected chi connectivity index (χ0v) is 16.8. The predicted octanol–water partition coefficient (Wildman–Crippen LogP) is 6.34. The first-order valence-corrected chi connectivity index (χ1v) is 9.40. The molecule has 0 amide bonds. The molecule has 4 heteroatoms. The Morgan fingerprint density at radius 1 is 0.667 bits per heavy atom. The first-order valence-electron chi connectivity index (χ1n) is 8.27. The number of aryl methyl sites for hydroxylation is 6. The zero-order valence-electron chi connectivity index (χ0n) is 15.9. The molecule has 0 aliphatic carbocycles. The summed E-state index contributed by atoms with van der Waals surface area (Å²) < 4.78 is 14.8. The summed E-state index contributed by atoms with van der Waals surface area (Å²) in [7, 11) is 2.83. The lowest BCUT2D eigenvalue weighted by Crippen LogP contribution is -2.02. The first-order chi connectivity index (χ1) is 11.2. The van der Waals surface area contributed by atoms with E-state index in [2.05, 4.69) is 53.7 Å². The van der Waals surface area contributed by atoms with Gasteiger partial charge in [0.2, 0.25) is 0 Å². The summed E-state index contributed by atoms with van der Waals surface area (Å²) in [5.74, 6) is 0. The Morgan fingerprint density at radius 2 is 1.04 bits per heavy atom. The molecule has 0 saturated carbocycles. The van der Waals surface area contributed by atoms with Crippen LogP contribution >= 0.6 is 8.16 Å². The molecule has 0 N–H and O–H groups in total. The zero-order chi connectivity index (χ0) is 17.8. The van der Waals surface area contributed by atoms with Crippen molar-refractivity contribution in [2.75, 3.05) is 18.8 Å².